The Bertz CT molecular complexity index is 277. The van der Waals surface area contributed by atoms with Crippen LogP contribution in [0.4, 0.5) is 5.69 Å². The Balaban J connectivity index is 3.04. The number of hydrogen-bond acceptors (Lipinski definition) is 1. The minimum atomic E-state index is 0.781. The van der Waals surface area contributed by atoms with Crippen LogP contribution in [0, 0.1) is 0 Å². The Hall–Kier alpha value is -0.280. The molecular weight excluding hydrogens is 270 g/mol. The maximum Gasteiger partial charge on any atom is 0.0610 e. The van der Waals surface area contributed by atoms with Gasteiger partial charge in [0.15, 0.2) is 0 Å². The van der Waals surface area contributed by atoms with E-state index in [2.05, 4.69) is 31.9 Å². The van der Waals surface area contributed by atoms with Crippen LogP contribution in [-0.4, -0.2) is 0 Å². The Morgan fingerprint density at radius 2 is 1.91 bits per heavy atom. The van der Waals surface area contributed by atoms with E-state index < -0.39 is 0 Å². The van der Waals surface area contributed by atoms with E-state index in [1.54, 1.807) is 0 Å². The van der Waals surface area contributed by atoms with E-state index in [1.165, 1.54) is 0 Å². The molecule has 0 saturated carbocycles. The minimum Gasteiger partial charge on any atom is -0.398 e. The lowest BCUT2D eigenvalue weighted by Crippen LogP contribution is -1.86. The fourth-order valence-electron chi connectivity index (χ4n) is 0.760. The van der Waals surface area contributed by atoms with Crippen molar-refractivity contribution in [1.29, 1.82) is 0 Å². The van der Waals surface area contributed by atoms with Gasteiger partial charge in [0.2, 0.25) is 0 Å². The van der Waals surface area contributed by atoms with E-state index >= 15 is 0 Å². The minimum absolute atomic E-state index is 0.781. The molecule has 1 aromatic rings. The second kappa shape index (κ2) is 3.93. The monoisotopic (exact) mass is 275 g/mol. The van der Waals surface area contributed by atoms with Gasteiger partial charge in [0.05, 0.1) is 3.39 Å². The number of nitrogens with two attached hydrogens (primary N) is 1. The predicted octanol–water partition coefficient (Wildman–Crippen LogP) is 3.36. The van der Waals surface area contributed by atoms with Crippen LogP contribution >= 0.6 is 31.9 Å². The quantitative estimate of drug-likeness (QED) is 0.782. The standard InChI is InChI=1S/C8H7Br2N/c9-8(10)5-6-3-1-2-4-7(6)11/h1-5H,11H2. The van der Waals surface area contributed by atoms with Gasteiger partial charge >= 0.3 is 0 Å². The molecule has 1 aromatic carbocycles. The molecule has 0 amide bonds. The molecule has 0 aliphatic rings. The highest BCUT2D eigenvalue weighted by Crippen LogP contribution is 2.21. The van der Waals surface area contributed by atoms with Gasteiger partial charge in [-0.05, 0) is 49.6 Å². The van der Waals surface area contributed by atoms with Gasteiger partial charge in [-0.25, -0.2) is 0 Å². The first-order valence-electron chi connectivity index (χ1n) is 3.07. The lowest BCUT2D eigenvalue weighted by atomic mass is 10.2. The van der Waals surface area contributed by atoms with Gasteiger partial charge in [0, 0.05) is 5.69 Å². The normalized spacial score (nSPS) is 9.27. The smallest absolute Gasteiger partial charge is 0.0610 e. The van der Waals surface area contributed by atoms with Gasteiger partial charge in [-0.15, -0.1) is 0 Å². The van der Waals surface area contributed by atoms with E-state index in [1.807, 2.05) is 30.3 Å². The molecule has 0 fully saturated rings. The summed E-state index contributed by atoms with van der Waals surface area (Å²) in [7, 11) is 0. The van der Waals surface area contributed by atoms with Crippen molar-refractivity contribution in [2.24, 2.45) is 0 Å². The van der Waals surface area contributed by atoms with Crippen LogP contribution < -0.4 is 5.73 Å². The van der Waals surface area contributed by atoms with Crippen molar-refractivity contribution in [1.82, 2.24) is 0 Å². The molecule has 0 atom stereocenters. The highest BCUT2D eigenvalue weighted by atomic mass is 79.9. The van der Waals surface area contributed by atoms with Crippen LogP contribution in [0.2, 0.25) is 0 Å². The topological polar surface area (TPSA) is 26.0 Å². The molecule has 0 bridgehead atoms. The van der Waals surface area contributed by atoms with Gasteiger partial charge in [0.1, 0.15) is 0 Å². The molecule has 1 rings (SSSR count). The summed E-state index contributed by atoms with van der Waals surface area (Å²) in [6.45, 7) is 0. The van der Waals surface area contributed by atoms with E-state index in [0.717, 1.165) is 14.6 Å². The van der Waals surface area contributed by atoms with Crippen molar-refractivity contribution in [3.05, 3.63) is 33.2 Å². The van der Waals surface area contributed by atoms with Crippen molar-refractivity contribution >= 4 is 43.6 Å². The summed E-state index contributed by atoms with van der Waals surface area (Å²) < 4.78 is 0.892. The summed E-state index contributed by atoms with van der Waals surface area (Å²) >= 11 is 6.53. The zero-order valence-corrected chi connectivity index (χ0v) is 8.89. The molecule has 0 saturated heterocycles. The van der Waals surface area contributed by atoms with Crippen molar-refractivity contribution in [3.63, 3.8) is 0 Å². The highest BCUT2D eigenvalue weighted by Gasteiger charge is 1.92. The van der Waals surface area contributed by atoms with Crippen molar-refractivity contribution in [3.8, 4) is 0 Å². The molecule has 11 heavy (non-hydrogen) atoms. The van der Waals surface area contributed by atoms with Gasteiger partial charge in [-0.3, -0.25) is 0 Å². The number of anilines is 1. The Labute approximate surface area is 82.5 Å². The third-order valence-corrected chi connectivity index (χ3v) is 1.72. The van der Waals surface area contributed by atoms with Crippen LogP contribution in [0.1, 0.15) is 5.56 Å². The van der Waals surface area contributed by atoms with Crippen LogP contribution in [0.25, 0.3) is 6.08 Å². The molecule has 2 N–H and O–H groups in total. The molecule has 58 valence electrons. The van der Waals surface area contributed by atoms with Gasteiger partial charge < -0.3 is 5.73 Å². The fourth-order valence-corrected chi connectivity index (χ4v) is 1.25. The molecule has 0 aliphatic carbocycles. The molecule has 0 spiro atoms. The molecule has 0 unspecified atom stereocenters. The Kier molecular flexibility index (Phi) is 3.15. The SMILES string of the molecule is Nc1ccccc1C=C(Br)Br. The van der Waals surface area contributed by atoms with Gasteiger partial charge in [-0.1, -0.05) is 18.2 Å². The highest BCUT2D eigenvalue weighted by molar-refractivity contribution is 9.28. The fraction of sp³-hybridized carbons (Fsp3) is 0. The lowest BCUT2D eigenvalue weighted by Gasteiger charge is -1.97. The predicted molar refractivity (Wildman–Crippen MR) is 56.7 cm³/mol. The summed E-state index contributed by atoms with van der Waals surface area (Å²) in [4.78, 5) is 0. The molecular formula is C8H7Br2N. The van der Waals surface area contributed by atoms with E-state index in [4.69, 9.17) is 5.73 Å². The average Bonchev–Trinajstić information content (AvgIpc) is 1.93. The first-order chi connectivity index (χ1) is 5.20. The Morgan fingerprint density at radius 1 is 1.27 bits per heavy atom. The third-order valence-electron chi connectivity index (χ3n) is 1.26. The maximum absolute atomic E-state index is 5.68. The number of para-hydroxylation sites is 1. The largest absolute Gasteiger partial charge is 0.398 e. The van der Waals surface area contributed by atoms with Crippen LogP contribution in [0.15, 0.2) is 27.7 Å². The van der Waals surface area contributed by atoms with Crippen LogP contribution in [0.3, 0.4) is 0 Å². The summed E-state index contributed by atoms with van der Waals surface area (Å²) in [5.41, 5.74) is 7.47. The molecule has 1 nitrogen and oxygen atoms in total. The second-order valence-corrected chi connectivity index (χ2v) is 4.84. The molecule has 0 aliphatic heterocycles. The summed E-state index contributed by atoms with van der Waals surface area (Å²) in [6.07, 6.45) is 1.91. The first kappa shape index (κ1) is 8.81. The van der Waals surface area contributed by atoms with Crippen molar-refractivity contribution in [2.75, 3.05) is 5.73 Å². The molecule has 0 heterocycles. The number of benzene rings is 1. The molecule has 0 aromatic heterocycles. The van der Waals surface area contributed by atoms with Gasteiger partial charge in [-0.2, -0.15) is 0 Å². The first-order valence-corrected chi connectivity index (χ1v) is 4.66. The maximum atomic E-state index is 5.68. The number of halogens is 2. The third kappa shape index (κ3) is 2.67. The number of nitrogen functional groups attached to an aromatic ring is 1. The van der Waals surface area contributed by atoms with Gasteiger partial charge in [0.25, 0.3) is 0 Å². The average molecular weight is 277 g/mol. The number of rotatable bonds is 1. The zero-order valence-electron chi connectivity index (χ0n) is 5.72. The molecule has 3 heteroatoms. The van der Waals surface area contributed by atoms with E-state index in [9.17, 15) is 0 Å². The second-order valence-electron chi connectivity index (χ2n) is 2.06. The van der Waals surface area contributed by atoms with E-state index in [-0.39, 0.29) is 0 Å². The van der Waals surface area contributed by atoms with Crippen LogP contribution in [-0.2, 0) is 0 Å². The summed E-state index contributed by atoms with van der Waals surface area (Å²) in [6, 6.07) is 7.69. The van der Waals surface area contributed by atoms with Crippen molar-refractivity contribution < 1.29 is 0 Å². The Morgan fingerprint density at radius 3 is 2.45 bits per heavy atom. The van der Waals surface area contributed by atoms with Crippen molar-refractivity contribution in [2.45, 2.75) is 0 Å². The lowest BCUT2D eigenvalue weighted by molar-refractivity contribution is 1.64. The summed E-state index contributed by atoms with van der Waals surface area (Å²) in [5.74, 6) is 0. The summed E-state index contributed by atoms with van der Waals surface area (Å²) in [5, 5.41) is 0. The van der Waals surface area contributed by atoms with Crippen LogP contribution in [0.5, 0.6) is 0 Å². The zero-order chi connectivity index (χ0) is 8.27. The van der Waals surface area contributed by atoms with E-state index in [0.29, 0.717) is 0 Å². The number of hydrogen-bond donors (Lipinski definition) is 1. The molecule has 0 radical (unpaired) electrons.